The number of hydrazine groups is 1. The molecule has 1 fully saturated rings. The average Bonchev–Trinajstić information content (AvgIpc) is 2.21. The van der Waals surface area contributed by atoms with Gasteiger partial charge in [0.1, 0.15) is 0 Å². The lowest BCUT2D eigenvalue weighted by atomic mass is 10.1. The number of nitrogens with two attached hydrogens (primary N) is 1. The van der Waals surface area contributed by atoms with Crippen molar-refractivity contribution in [1.82, 2.24) is 10.3 Å². The van der Waals surface area contributed by atoms with Crippen molar-refractivity contribution in [3.05, 3.63) is 0 Å². The van der Waals surface area contributed by atoms with Crippen LogP contribution in [0.2, 0.25) is 0 Å². The molecule has 5 heteroatoms. The molecule has 17 heavy (non-hydrogen) atoms. The zero-order valence-electron chi connectivity index (χ0n) is 11.2. The Labute approximate surface area is 104 Å². The summed E-state index contributed by atoms with van der Waals surface area (Å²) in [7, 11) is 0. The van der Waals surface area contributed by atoms with Crippen LogP contribution in [0.5, 0.6) is 0 Å². The summed E-state index contributed by atoms with van der Waals surface area (Å²) in [5.74, 6) is 4.94. The molecule has 3 N–H and O–H groups in total. The molecule has 0 saturated carbocycles. The molecule has 0 radical (unpaired) electrons. The Balaban J connectivity index is 2.20. The average molecular weight is 243 g/mol. The van der Waals surface area contributed by atoms with Crippen molar-refractivity contribution in [2.24, 2.45) is 5.84 Å². The number of nitrogens with zero attached hydrogens (tertiary/aromatic N) is 1. The zero-order chi connectivity index (χ0) is 12.9. The number of ether oxygens (including phenoxy) is 1. The third-order valence-electron chi connectivity index (χ3n) is 2.93. The third kappa shape index (κ3) is 5.48. The van der Waals surface area contributed by atoms with E-state index in [1.807, 2.05) is 0 Å². The molecule has 1 aliphatic heterocycles. The molecule has 0 aromatic heterocycles. The van der Waals surface area contributed by atoms with E-state index < -0.39 is 0 Å². The Morgan fingerprint density at radius 1 is 1.53 bits per heavy atom. The van der Waals surface area contributed by atoms with Gasteiger partial charge in [0.15, 0.2) is 0 Å². The number of nitrogens with one attached hydrogen (secondary N) is 1. The van der Waals surface area contributed by atoms with Gasteiger partial charge in [-0.05, 0) is 40.2 Å². The zero-order valence-corrected chi connectivity index (χ0v) is 11.2. The minimum absolute atomic E-state index is 0.0632. The third-order valence-corrected chi connectivity index (χ3v) is 2.93. The minimum atomic E-state index is -0.0827. The SMILES string of the molecule is CC1CN(CCCCC(=O)NN)CC(C)(C)O1. The maximum Gasteiger partial charge on any atom is 0.233 e. The lowest BCUT2D eigenvalue weighted by Gasteiger charge is -2.41. The van der Waals surface area contributed by atoms with Gasteiger partial charge in [-0.25, -0.2) is 5.84 Å². The predicted octanol–water partition coefficient (Wildman–Crippen LogP) is 0.646. The number of unbranched alkanes of at least 4 members (excludes halogenated alkanes) is 1. The van der Waals surface area contributed by atoms with E-state index in [9.17, 15) is 4.79 Å². The fourth-order valence-corrected chi connectivity index (χ4v) is 2.45. The molecule has 1 unspecified atom stereocenters. The number of hydrogen-bond donors (Lipinski definition) is 2. The monoisotopic (exact) mass is 243 g/mol. The molecular formula is C12H25N3O2. The van der Waals surface area contributed by atoms with Crippen molar-refractivity contribution in [1.29, 1.82) is 0 Å². The number of rotatable bonds is 5. The molecule has 1 amide bonds. The first-order chi connectivity index (χ1) is 7.93. The summed E-state index contributed by atoms with van der Waals surface area (Å²) in [5, 5.41) is 0. The van der Waals surface area contributed by atoms with Gasteiger partial charge in [0.05, 0.1) is 11.7 Å². The minimum Gasteiger partial charge on any atom is -0.370 e. The molecule has 1 heterocycles. The van der Waals surface area contributed by atoms with Crippen molar-refractivity contribution in [2.45, 2.75) is 51.7 Å². The molecule has 1 atom stereocenters. The summed E-state index contributed by atoms with van der Waals surface area (Å²) in [6.45, 7) is 9.31. The highest BCUT2D eigenvalue weighted by atomic mass is 16.5. The van der Waals surface area contributed by atoms with E-state index in [1.165, 1.54) is 0 Å². The fraction of sp³-hybridized carbons (Fsp3) is 0.917. The normalized spacial score (nSPS) is 24.6. The second-order valence-corrected chi connectivity index (χ2v) is 5.45. The Kier molecular flexibility index (Phi) is 5.36. The highest BCUT2D eigenvalue weighted by Gasteiger charge is 2.30. The predicted molar refractivity (Wildman–Crippen MR) is 67.2 cm³/mol. The van der Waals surface area contributed by atoms with E-state index in [2.05, 4.69) is 31.1 Å². The van der Waals surface area contributed by atoms with Gasteiger partial charge in [-0.15, -0.1) is 0 Å². The van der Waals surface area contributed by atoms with Gasteiger partial charge in [-0.1, -0.05) is 0 Å². The molecule has 0 aromatic rings. The summed E-state index contributed by atoms with van der Waals surface area (Å²) in [6.07, 6.45) is 2.71. The van der Waals surface area contributed by atoms with E-state index in [4.69, 9.17) is 10.6 Å². The lowest BCUT2D eigenvalue weighted by Crippen LogP contribution is -2.51. The summed E-state index contributed by atoms with van der Waals surface area (Å²) >= 11 is 0. The smallest absolute Gasteiger partial charge is 0.233 e. The summed E-state index contributed by atoms with van der Waals surface area (Å²) in [5.41, 5.74) is 2.09. The second kappa shape index (κ2) is 6.33. The van der Waals surface area contributed by atoms with Crippen LogP contribution in [0.3, 0.4) is 0 Å². The van der Waals surface area contributed by atoms with Crippen molar-refractivity contribution in [2.75, 3.05) is 19.6 Å². The topological polar surface area (TPSA) is 67.6 Å². The first-order valence-electron chi connectivity index (χ1n) is 6.32. The first kappa shape index (κ1) is 14.4. The van der Waals surface area contributed by atoms with Crippen LogP contribution in [-0.4, -0.2) is 42.1 Å². The Hall–Kier alpha value is -0.650. The van der Waals surface area contributed by atoms with Gasteiger partial charge in [0.2, 0.25) is 5.91 Å². The molecule has 0 aromatic carbocycles. The Bertz CT molecular complexity index is 256. The van der Waals surface area contributed by atoms with E-state index in [-0.39, 0.29) is 17.6 Å². The maximum atomic E-state index is 10.9. The van der Waals surface area contributed by atoms with Crippen LogP contribution in [0, 0.1) is 0 Å². The van der Waals surface area contributed by atoms with Gasteiger partial charge in [0, 0.05) is 19.5 Å². The quantitative estimate of drug-likeness (QED) is 0.322. The summed E-state index contributed by atoms with van der Waals surface area (Å²) < 4.78 is 5.84. The van der Waals surface area contributed by atoms with Crippen LogP contribution < -0.4 is 11.3 Å². The Morgan fingerprint density at radius 2 is 2.24 bits per heavy atom. The number of carbonyl (C=O) groups excluding carboxylic acids is 1. The van der Waals surface area contributed by atoms with E-state index in [0.717, 1.165) is 32.5 Å². The van der Waals surface area contributed by atoms with Crippen LogP contribution in [0.25, 0.3) is 0 Å². The molecule has 5 nitrogen and oxygen atoms in total. The molecule has 1 aliphatic rings. The van der Waals surface area contributed by atoms with Crippen molar-refractivity contribution in [3.8, 4) is 0 Å². The standard InChI is InChI=1S/C12H25N3O2/c1-10-8-15(9-12(2,3)17-10)7-5-4-6-11(16)14-13/h10H,4-9,13H2,1-3H3,(H,14,16). The van der Waals surface area contributed by atoms with Crippen LogP contribution in [0.1, 0.15) is 40.0 Å². The van der Waals surface area contributed by atoms with E-state index >= 15 is 0 Å². The molecule has 1 rings (SSSR count). The van der Waals surface area contributed by atoms with Crippen molar-refractivity contribution >= 4 is 5.91 Å². The van der Waals surface area contributed by atoms with E-state index in [1.54, 1.807) is 0 Å². The lowest BCUT2D eigenvalue weighted by molar-refractivity contribution is -0.129. The van der Waals surface area contributed by atoms with Crippen LogP contribution in [-0.2, 0) is 9.53 Å². The Morgan fingerprint density at radius 3 is 2.82 bits per heavy atom. The van der Waals surface area contributed by atoms with Gasteiger partial charge in [-0.3, -0.25) is 15.1 Å². The molecule has 1 saturated heterocycles. The molecule has 0 aliphatic carbocycles. The molecule has 0 spiro atoms. The maximum absolute atomic E-state index is 10.9. The number of morpholine rings is 1. The van der Waals surface area contributed by atoms with Gasteiger partial charge in [0.25, 0.3) is 0 Å². The second-order valence-electron chi connectivity index (χ2n) is 5.45. The van der Waals surface area contributed by atoms with Gasteiger partial charge < -0.3 is 4.74 Å². The number of hydrogen-bond acceptors (Lipinski definition) is 4. The molecule has 0 bridgehead atoms. The van der Waals surface area contributed by atoms with Gasteiger partial charge >= 0.3 is 0 Å². The highest BCUT2D eigenvalue weighted by molar-refractivity contribution is 5.75. The fourth-order valence-electron chi connectivity index (χ4n) is 2.45. The number of amides is 1. The number of carbonyl (C=O) groups is 1. The largest absolute Gasteiger partial charge is 0.370 e. The summed E-state index contributed by atoms with van der Waals surface area (Å²) in [6, 6.07) is 0. The van der Waals surface area contributed by atoms with Crippen molar-refractivity contribution in [3.63, 3.8) is 0 Å². The molecule has 100 valence electrons. The van der Waals surface area contributed by atoms with E-state index in [0.29, 0.717) is 6.42 Å². The summed E-state index contributed by atoms with van der Waals surface area (Å²) in [4.78, 5) is 13.4. The van der Waals surface area contributed by atoms with Crippen molar-refractivity contribution < 1.29 is 9.53 Å². The first-order valence-corrected chi connectivity index (χ1v) is 6.32. The van der Waals surface area contributed by atoms with Crippen LogP contribution in [0.4, 0.5) is 0 Å². The highest BCUT2D eigenvalue weighted by Crippen LogP contribution is 2.20. The van der Waals surface area contributed by atoms with Gasteiger partial charge in [-0.2, -0.15) is 0 Å². The molecular weight excluding hydrogens is 218 g/mol. The van der Waals surface area contributed by atoms with Crippen LogP contribution >= 0.6 is 0 Å². The van der Waals surface area contributed by atoms with Crippen LogP contribution in [0.15, 0.2) is 0 Å².